The maximum atomic E-state index is 5.35. The van der Waals surface area contributed by atoms with E-state index in [1.165, 1.54) is 12.8 Å². The largest absolute Gasteiger partial charge is 0.330 e. The molecule has 6 heteroatoms. The van der Waals surface area contributed by atoms with Crippen molar-refractivity contribution in [2.75, 3.05) is 26.2 Å². The second kappa shape index (κ2) is 23.9. The van der Waals surface area contributed by atoms with Crippen molar-refractivity contribution in [3.63, 3.8) is 0 Å². The highest BCUT2D eigenvalue weighted by molar-refractivity contribution is 8.93. The molecule has 14 heavy (non-hydrogen) atoms. The van der Waals surface area contributed by atoms with E-state index in [4.69, 9.17) is 11.5 Å². The number of halogens is 3. The summed E-state index contributed by atoms with van der Waals surface area (Å²) in [7, 11) is 0. The number of nitrogens with two attached hydrogens (primary N) is 2. The van der Waals surface area contributed by atoms with Crippen LogP contribution in [-0.4, -0.2) is 26.2 Å². The lowest BCUT2D eigenvalue weighted by Gasteiger charge is -2.02. The van der Waals surface area contributed by atoms with E-state index in [9.17, 15) is 0 Å². The van der Waals surface area contributed by atoms with Gasteiger partial charge in [0, 0.05) is 0 Å². The lowest BCUT2D eigenvalue weighted by atomic mass is 10.3. The molecule has 92 valence electrons. The molecular formula is C8H24Br3N3. The first-order chi connectivity index (χ1) is 5.41. The monoisotopic (exact) mass is 399 g/mol. The maximum absolute atomic E-state index is 5.35. The van der Waals surface area contributed by atoms with E-state index < -0.39 is 0 Å². The van der Waals surface area contributed by atoms with E-state index in [-0.39, 0.29) is 50.9 Å². The Labute approximate surface area is 119 Å². The first-order valence-corrected chi connectivity index (χ1v) is 4.52. The first kappa shape index (κ1) is 24.5. The van der Waals surface area contributed by atoms with Crippen molar-refractivity contribution >= 4 is 50.9 Å². The van der Waals surface area contributed by atoms with Crippen molar-refractivity contribution in [1.29, 1.82) is 0 Å². The van der Waals surface area contributed by atoms with Crippen molar-refractivity contribution in [2.45, 2.75) is 25.7 Å². The van der Waals surface area contributed by atoms with Crippen molar-refractivity contribution in [2.24, 2.45) is 11.5 Å². The van der Waals surface area contributed by atoms with Gasteiger partial charge in [-0.15, -0.1) is 50.9 Å². The molecule has 0 rings (SSSR count). The van der Waals surface area contributed by atoms with Gasteiger partial charge in [-0.2, -0.15) is 0 Å². The lowest BCUT2D eigenvalue weighted by Crippen LogP contribution is -2.18. The molecule has 0 spiro atoms. The summed E-state index contributed by atoms with van der Waals surface area (Å²) >= 11 is 0. The molecule has 0 aliphatic heterocycles. The Kier molecular flexibility index (Phi) is 41.8. The Bertz CT molecular complexity index is 68.9. The first-order valence-electron chi connectivity index (χ1n) is 4.52. The van der Waals surface area contributed by atoms with Gasteiger partial charge in [-0.25, -0.2) is 0 Å². The normalized spacial score (nSPS) is 8.14. The molecule has 0 unspecified atom stereocenters. The van der Waals surface area contributed by atoms with Crippen LogP contribution in [0.15, 0.2) is 0 Å². The van der Waals surface area contributed by atoms with Gasteiger partial charge < -0.3 is 16.8 Å². The molecule has 0 saturated heterocycles. The summed E-state index contributed by atoms with van der Waals surface area (Å²) < 4.78 is 0. The SMILES string of the molecule is Br.Br.Br.NCCCCNCCCCN. The number of unbranched alkanes of at least 4 members (excludes halogenated alkanes) is 2. The summed E-state index contributed by atoms with van der Waals surface area (Å²) in [5, 5.41) is 3.34. The van der Waals surface area contributed by atoms with Gasteiger partial charge in [0.25, 0.3) is 0 Å². The van der Waals surface area contributed by atoms with E-state index in [2.05, 4.69) is 5.32 Å². The average Bonchev–Trinajstić information content (AvgIpc) is 2.03. The van der Waals surface area contributed by atoms with E-state index in [1.54, 1.807) is 0 Å². The lowest BCUT2D eigenvalue weighted by molar-refractivity contribution is 0.595. The fourth-order valence-electron chi connectivity index (χ4n) is 0.914. The van der Waals surface area contributed by atoms with Crippen molar-refractivity contribution in [3.8, 4) is 0 Å². The highest BCUT2D eigenvalue weighted by atomic mass is 79.9. The predicted octanol–water partition coefficient (Wildman–Crippen LogP) is 1.79. The number of hydrogen-bond acceptors (Lipinski definition) is 3. The number of rotatable bonds is 8. The van der Waals surface area contributed by atoms with Gasteiger partial charge in [0.2, 0.25) is 0 Å². The van der Waals surface area contributed by atoms with Crippen molar-refractivity contribution in [3.05, 3.63) is 0 Å². The minimum atomic E-state index is 0. The summed E-state index contributed by atoms with van der Waals surface area (Å²) in [6.45, 7) is 3.82. The molecule has 5 N–H and O–H groups in total. The summed E-state index contributed by atoms with van der Waals surface area (Å²) in [6.07, 6.45) is 4.64. The topological polar surface area (TPSA) is 64.1 Å². The highest BCUT2D eigenvalue weighted by Gasteiger charge is 1.87. The summed E-state index contributed by atoms with van der Waals surface area (Å²) in [5.41, 5.74) is 10.7. The van der Waals surface area contributed by atoms with Crippen LogP contribution in [0.25, 0.3) is 0 Å². The Morgan fingerprint density at radius 1 is 0.643 bits per heavy atom. The molecule has 0 aromatic heterocycles. The zero-order valence-corrected chi connectivity index (χ0v) is 13.7. The molecule has 0 bridgehead atoms. The fourth-order valence-corrected chi connectivity index (χ4v) is 0.914. The molecule has 0 amide bonds. The minimum absolute atomic E-state index is 0. The van der Waals surface area contributed by atoms with E-state index in [0.717, 1.165) is 39.0 Å². The quantitative estimate of drug-likeness (QED) is 0.543. The van der Waals surface area contributed by atoms with Gasteiger partial charge in [0.05, 0.1) is 0 Å². The third-order valence-corrected chi connectivity index (χ3v) is 1.62. The second-order valence-electron chi connectivity index (χ2n) is 2.74. The zero-order valence-electron chi connectivity index (χ0n) is 8.54. The van der Waals surface area contributed by atoms with Crippen LogP contribution in [0.1, 0.15) is 25.7 Å². The highest BCUT2D eigenvalue weighted by Crippen LogP contribution is 1.85. The molecular weight excluding hydrogens is 378 g/mol. The smallest absolute Gasteiger partial charge is 0.00484 e. The zero-order chi connectivity index (χ0) is 8.36. The Hall–Kier alpha value is 1.32. The third kappa shape index (κ3) is 23.3. The summed E-state index contributed by atoms with van der Waals surface area (Å²) in [4.78, 5) is 0. The Morgan fingerprint density at radius 2 is 1.00 bits per heavy atom. The van der Waals surface area contributed by atoms with E-state index in [0.29, 0.717) is 0 Å². The maximum Gasteiger partial charge on any atom is -0.00484 e. The van der Waals surface area contributed by atoms with Crippen LogP contribution in [0.3, 0.4) is 0 Å². The van der Waals surface area contributed by atoms with Gasteiger partial charge >= 0.3 is 0 Å². The van der Waals surface area contributed by atoms with Crippen LogP contribution in [0.2, 0.25) is 0 Å². The second-order valence-corrected chi connectivity index (χ2v) is 2.74. The van der Waals surface area contributed by atoms with Crippen LogP contribution in [0.4, 0.5) is 0 Å². The molecule has 0 aliphatic rings. The molecule has 3 nitrogen and oxygen atoms in total. The van der Waals surface area contributed by atoms with E-state index >= 15 is 0 Å². The van der Waals surface area contributed by atoms with Crippen LogP contribution in [0, 0.1) is 0 Å². The fraction of sp³-hybridized carbons (Fsp3) is 1.00. The average molecular weight is 402 g/mol. The standard InChI is InChI=1S/C8H21N3.3BrH/c9-5-1-3-7-11-8-4-2-6-10;;;/h11H,1-10H2;3*1H. The Balaban J connectivity index is -0.000000167. The Morgan fingerprint density at radius 3 is 1.29 bits per heavy atom. The molecule has 0 aliphatic carbocycles. The molecule has 0 radical (unpaired) electrons. The molecule has 0 atom stereocenters. The molecule has 0 saturated carbocycles. The van der Waals surface area contributed by atoms with Crippen LogP contribution in [0.5, 0.6) is 0 Å². The van der Waals surface area contributed by atoms with E-state index in [1.807, 2.05) is 0 Å². The summed E-state index contributed by atoms with van der Waals surface area (Å²) in [5.74, 6) is 0. The van der Waals surface area contributed by atoms with Gasteiger partial charge in [0.15, 0.2) is 0 Å². The van der Waals surface area contributed by atoms with Crippen LogP contribution >= 0.6 is 50.9 Å². The molecule has 0 heterocycles. The third-order valence-electron chi connectivity index (χ3n) is 1.62. The van der Waals surface area contributed by atoms with Gasteiger partial charge in [-0.1, -0.05) is 0 Å². The van der Waals surface area contributed by atoms with Gasteiger partial charge in [-0.05, 0) is 51.9 Å². The molecule has 0 aromatic rings. The minimum Gasteiger partial charge on any atom is -0.330 e. The number of nitrogens with one attached hydrogen (secondary N) is 1. The van der Waals surface area contributed by atoms with Crippen LogP contribution in [-0.2, 0) is 0 Å². The summed E-state index contributed by atoms with van der Waals surface area (Å²) in [6, 6.07) is 0. The molecule has 0 aromatic carbocycles. The van der Waals surface area contributed by atoms with Crippen molar-refractivity contribution < 1.29 is 0 Å². The van der Waals surface area contributed by atoms with Gasteiger partial charge in [-0.3, -0.25) is 0 Å². The molecule has 0 fully saturated rings. The van der Waals surface area contributed by atoms with Gasteiger partial charge in [0.1, 0.15) is 0 Å². The predicted molar refractivity (Wildman–Crippen MR) is 80.4 cm³/mol. The number of hydrogen-bond donors (Lipinski definition) is 3. The van der Waals surface area contributed by atoms with Crippen molar-refractivity contribution in [1.82, 2.24) is 5.32 Å². The van der Waals surface area contributed by atoms with Crippen LogP contribution < -0.4 is 16.8 Å².